The van der Waals surface area contributed by atoms with Gasteiger partial charge >= 0.3 is 0 Å². The van der Waals surface area contributed by atoms with Crippen LogP contribution in [-0.4, -0.2) is 39.5 Å². The number of nitrogens with one attached hydrogen (secondary N) is 1. The zero-order valence-corrected chi connectivity index (χ0v) is 14.0. The number of anilines is 1. The molecule has 108 valence electrons. The second-order valence-corrected chi connectivity index (χ2v) is 7.84. The molecular weight excluding hydrogens is 330 g/mol. The monoisotopic (exact) mass is 349 g/mol. The summed E-state index contributed by atoms with van der Waals surface area (Å²) in [6.07, 6.45) is 0. The lowest BCUT2D eigenvalue weighted by Crippen LogP contribution is -2.48. The fourth-order valence-corrected chi connectivity index (χ4v) is 2.95. The van der Waals surface area contributed by atoms with Gasteiger partial charge in [-0.05, 0) is 62.1 Å². The van der Waals surface area contributed by atoms with Crippen molar-refractivity contribution in [3.8, 4) is 0 Å². The first-order valence-electron chi connectivity index (χ1n) is 5.78. The third-order valence-corrected chi connectivity index (χ3v) is 5.27. The second kappa shape index (κ2) is 5.78. The lowest BCUT2D eigenvalue weighted by molar-refractivity contribution is 0.199. The Morgan fingerprint density at radius 3 is 2.42 bits per heavy atom. The summed E-state index contributed by atoms with van der Waals surface area (Å²) in [6, 6.07) is 4.56. The SMILES string of the molecule is CN(C)C(C)(C)CNS(=O)(=O)c1ccc(N)c(Br)c1. The molecule has 0 saturated heterocycles. The number of nitrogens with zero attached hydrogens (tertiary/aromatic N) is 1. The maximum atomic E-state index is 12.2. The average molecular weight is 350 g/mol. The zero-order valence-electron chi connectivity index (χ0n) is 11.6. The molecule has 0 atom stereocenters. The maximum absolute atomic E-state index is 12.2. The van der Waals surface area contributed by atoms with Crippen LogP contribution in [-0.2, 0) is 10.0 Å². The highest BCUT2D eigenvalue weighted by Crippen LogP contribution is 2.23. The number of hydrogen-bond acceptors (Lipinski definition) is 4. The van der Waals surface area contributed by atoms with Crippen molar-refractivity contribution in [2.75, 3.05) is 26.4 Å². The predicted molar refractivity (Wildman–Crippen MR) is 81.5 cm³/mol. The van der Waals surface area contributed by atoms with Crippen LogP contribution in [0, 0.1) is 0 Å². The standard InChI is InChI=1S/C12H20BrN3O2S/c1-12(2,16(3)4)8-15-19(17,18)9-5-6-11(14)10(13)7-9/h5-7,15H,8,14H2,1-4H3. The molecule has 7 heteroatoms. The fourth-order valence-electron chi connectivity index (χ4n) is 1.19. The topological polar surface area (TPSA) is 75.4 Å². The summed E-state index contributed by atoms with van der Waals surface area (Å²) >= 11 is 3.23. The molecule has 5 nitrogen and oxygen atoms in total. The predicted octanol–water partition coefficient (Wildman–Crippen LogP) is 1.65. The first-order valence-corrected chi connectivity index (χ1v) is 8.06. The Bertz CT molecular complexity index is 556. The van der Waals surface area contributed by atoms with Gasteiger partial charge in [0.15, 0.2) is 0 Å². The molecular formula is C12H20BrN3O2S. The minimum Gasteiger partial charge on any atom is -0.398 e. The van der Waals surface area contributed by atoms with E-state index in [1.54, 1.807) is 6.07 Å². The van der Waals surface area contributed by atoms with Crippen molar-refractivity contribution in [2.24, 2.45) is 0 Å². The van der Waals surface area contributed by atoms with Gasteiger partial charge in [-0.25, -0.2) is 13.1 Å². The van der Waals surface area contributed by atoms with Gasteiger partial charge in [-0.2, -0.15) is 0 Å². The van der Waals surface area contributed by atoms with E-state index in [-0.39, 0.29) is 10.4 Å². The smallest absolute Gasteiger partial charge is 0.240 e. The molecule has 0 bridgehead atoms. The van der Waals surface area contributed by atoms with Crippen molar-refractivity contribution < 1.29 is 8.42 Å². The van der Waals surface area contributed by atoms with Gasteiger partial charge in [0.2, 0.25) is 10.0 Å². The van der Waals surface area contributed by atoms with Crippen molar-refractivity contribution in [3.63, 3.8) is 0 Å². The van der Waals surface area contributed by atoms with E-state index in [1.165, 1.54) is 12.1 Å². The number of likely N-dealkylation sites (N-methyl/N-ethyl adjacent to an activating group) is 1. The number of hydrogen-bond donors (Lipinski definition) is 2. The number of nitrogens with two attached hydrogens (primary N) is 1. The van der Waals surface area contributed by atoms with E-state index in [0.717, 1.165) is 0 Å². The van der Waals surface area contributed by atoms with Crippen LogP contribution in [0.25, 0.3) is 0 Å². The summed E-state index contributed by atoms with van der Waals surface area (Å²) < 4.78 is 27.5. The van der Waals surface area contributed by atoms with E-state index in [4.69, 9.17) is 5.73 Å². The van der Waals surface area contributed by atoms with Gasteiger partial charge in [0.1, 0.15) is 0 Å². The lowest BCUT2D eigenvalue weighted by Gasteiger charge is -2.32. The minimum absolute atomic E-state index is 0.197. The molecule has 0 spiro atoms. The van der Waals surface area contributed by atoms with Crippen LogP contribution < -0.4 is 10.5 Å². The lowest BCUT2D eigenvalue weighted by atomic mass is 10.1. The van der Waals surface area contributed by atoms with E-state index >= 15 is 0 Å². The largest absolute Gasteiger partial charge is 0.398 e. The van der Waals surface area contributed by atoms with Gasteiger partial charge < -0.3 is 10.6 Å². The molecule has 1 rings (SSSR count). The van der Waals surface area contributed by atoms with Crippen molar-refractivity contribution in [1.29, 1.82) is 0 Å². The van der Waals surface area contributed by atoms with Gasteiger partial charge in [0, 0.05) is 22.2 Å². The summed E-state index contributed by atoms with van der Waals surface area (Å²) in [4.78, 5) is 2.16. The number of benzene rings is 1. The van der Waals surface area contributed by atoms with Crippen LogP contribution in [0.1, 0.15) is 13.8 Å². The average Bonchev–Trinajstić information content (AvgIpc) is 2.30. The molecule has 0 aliphatic heterocycles. The molecule has 0 radical (unpaired) electrons. The number of rotatable bonds is 5. The first kappa shape index (κ1) is 16.4. The van der Waals surface area contributed by atoms with E-state index < -0.39 is 10.0 Å². The normalized spacial score (nSPS) is 12.9. The highest BCUT2D eigenvalue weighted by molar-refractivity contribution is 9.10. The molecule has 0 heterocycles. The Kier molecular flexibility index (Phi) is 5.00. The van der Waals surface area contributed by atoms with E-state index in [9.17, 15) is 8.42 Å². The van der Waals surface area contributed by atoms with Crippen molar-refractivity contribution in [2.45, 2.75) is 24.3 Å². The highest BCUT2D eigenvalue weighted by Gasteiger charge is 2.24. The second-order valence-electron chi connectivity index (χ2n) is 5.21. The zero-order chi connectivity index (χ0) is 14.8. The molecule has 0 amide bonds. The van der Waals surface area contributed by atoms with Gasteiger partial charge in [0.25, 0.3) is 0 Å². The van der Waals surface area contributed by atoms with E-state index in [0.29, 0.717) is 16.7 Å². The Labute approximate surface area is 123 Å². The highest BCUT2D eigenvalue weighted by atomic mass is 79.9. The quantitative estimate of drug-likeness (QED) is 0.792. The maximum Gasteiger partial charge on any atom is 0.240 e. The fraction of sp³-hybridized carbons (Fsp3) is 0.500. The molecule has 0 unspecified atom stereocenters. The molecule has 0 aliphatic rings. The summed E-state index contributed by atoms with van der Waals surface area (Å²) in [7, 11) is 0.293. The molecule has 0 saturated carbocycles. The Balaban J connectivity index is 2.90. The van der Waals surface area contributed by atoms with Crippen LogP contribution in [0.4, 0.5) is 5.69 Å². The summed E-state index contributed by atoms with van der Waals surface area (Å²) in [5, 5.41) is 0. The first-order chi connectivity index (χ1) is 8.56. The van der Waals surface area contributed by atoms with Crippen LogP contribution in [0.2, 0.25) is 0 Å². The van der Waals surface area contributed by atoms with Gasteiger partial charge in [0.05, 0.1) is 4.90 Å². The van der Waals surface area contributed by atoms with Gasteiger partial charge in [-0.15, -0.1) is 0 Å². The van der Waals surface area contributed by atoms with Crippen LogP contribution in [0.15, 0.2) is 27.6 Å². The van der Waals surface area contributed by atoms with Crippen LogP contribution in [0.3, 0.4) is 0 Å². The Morgan fingerprint density at radius 2 is 1.95 bits per heavy atom. The van der Waals surface area contributed by atoms with Gasteiger partial charge in [-0.3, -0.25) is 0 Å². The van der Waals surface area contributed by atoms with Crippen molar-refractivity contribution in [3.05, 3.63) is 22.7 Å². The van der Waals surface area contributed by atoms with E-state index in [2.05, 4.69) is 20.7 Å². The summed E-state index contributed by atoms with van der Waals surface area (Å²) in [5.74, 6) is 0. The van der Waals surface area contributed by atoms with Crippen molar-refractivity contribution >= 4 is 31.6 Å². The molecule has 3 N–H and O–H groups in total. The third-order valence-electron chi connectivity index (χ3n) is 3.19. The summed E-state index contributed by atoms with van der Waals surface area (Å²) in [5.41, 5.74) is 5.89. The Morgan fingerprint density at radius 1 is 1.37 bits per heavy atom. The molecule has 0 aliphatic carbocycles. The van der Waals surface area contributed by atoms with Gasteiger partial charge in [-0.1, -0.05) is 0 Å². The minimum atomic E-state index is -3.53. The summed E-state index contributed by atoms with van der Waals surface area (Å²) in [6.45, 7) is 4.26. The third kappa shape index (κ3) is 4.17. The van der Waals surface area contributed by atoms with E-state index in [1.807, 2.05) is 32.8 Å². The number of sulfonamides is 1. The molecule has 19 heavy (non-hydrogen) atoms. The number of nitrogen functional groups attached to an aromatic ring is 1. The molecule has 0 aromatic heterocycles. The number of halogens is 1. The van der Waals surface area contributed by atoms with Crippen LogP contribution >= 0.6 is 15.9 Å². The molecule has 1 aromatic carbocycles. The van der Waals surface area contributed by atoms with Crippen molar-refractivity contribution in [1.82, 2.24) is 9.62 Å². The Hall–Kier alpha value is -0.630. The van der Waals surface area contributed by atoms with Crippen LogP contribution in [0.5, 0.6) is 0 Å². The molecule has 0 fully saturated rings. The molecule has 1 aromatic rings.